The van der Waals surface area contributed by atoms with Crippen LogP contribution in [-0.4, -0.2) is 33.0 Å². The summed E-state index contributed by atoms with van der Waals surface area (Å²) >= 11 is 0. The lowest BCUT2D eigenvalue weighted by molar-refractivity contribution is -0.383. The number of para-hydroxylation sites is 2. The summed E-state index contributed by atoms with van der Waals surface area (Å²) in [6, 6.07) is 16.4. The van der Waals surface area contributed by atoms with Crippen molar-refractivity contribution >= 4 is 34.4 Å². The Balaban J connectivity index is 1.60. The summed E-state index contributed by atoms with van der Waals surface area (Å²) in [5.41, 5.74) is 1.71. The summed E-state index contributed by atoms with van der Waals surface area (Å²) in [4.78, 5) is 40.6. The molecule has 0 aliphatic heterocycles. The van der Waals surface area contributed by atoms with Crippen LogP contribution in [0, 0.1) is 17.0 Å². The number of nitrogens with zero attached hydrogens (tertiary/aromatic N) is 3. The lowest BCUT2D eigenvalue weighted by Gasteiger charge is -2.14. The van der Waals surface area contributed by atoms with Gasteiger partial charge < -0.3 is 14.6 Å². The highest BCUT2D eigenvalue weighted by Crippen LogP contribution is 2.28. The number of pyridine rings is 1. The SMILES string of the molecule is Cc1noc2nc(-c3ccccc3)cc(C(=O)OC(C)C(=O)Nc3ccccc3[N+](=O)[O-])c12. The van der Waals surface area contributed by atoms with E-state index in [4.69, 9.17) is 9.26 Å². The molecule has 0 fully saturated rings. The van der Waals surface area contributed by atoms with Crippen molar-refractivity contribution in [3.05, 3.63) is 82.0 Å². The van der Waals surface area contributed by atoms with E-state index >= 15 is 0 Å². The number of amides is 1. The Bertz CT molecular complexity index is 1370. The molecule has 0 aliphatic rings. The van der Waals surface area contributed by atoms with Crippen LogP contribution in [0.1, 0.15) is 23.0 Å². The van der Waals surface area contributed by atoms with Crippen LogP contribution in [0.15, 0.2) is 65.2 Å². The number of aryl methyl sites for hydroxylation is 1. The fourth-order valence-corrected chi connectivity index (χ4v) is 3.26. The number of rotatable bonds is 6. The minimum absolute atomic E-state index is 0.00273. The predicted molar refractivity (Wildman–Crippen MR) is 119 cm³/mol. The van der Waals surface area contributed by atoms with E-state index in [1.807, 2.05) is 30.3 Å². The van der Waals surface area contributed by atoms with E-state index in [0.717, 1.165) is 5.56 Å². The Labute approximate surface area is 187 Å². The molecule has 2 aromatic carbocycles. The minimum atomic E-state index is -1.24. The first-order valence-electron chi connectivity index (χ1n) is 9.93. The number of nitro benzene ring substituents is 1. The van der Waals surface area contributed by atoms with Gasteiger partial charge in [0.05, 0.1) is 27.3 Å². The predicted octanol–water partition coefficient (Wildman–Crippen LogP) is 4.29. The molecular weight excluding hydrogens is 428 g/mol. The van der Waals surface area contributed by atoms with Crippen LogP contribution in [0.5, 0.6) is 0 Å². The van der Waals surface area contributed by atoms with Gasteiger partial charge in [0.25, 0.3) is 17.3 Å². The second-order valence-electron chi connectivity index (χ2n) is 7.18. The summed E-state index contributed by atoms with van der Waals surface area (Å²) in [5.74, 6) is -1.50. The Morgan fingerprint density at radius 2 is 1.82 bits per heavy atom. The molecule has 166 valence electrons. The van der Waals surface area contributed by atoms with E-state index in [1.165, 1.54) is 25.1 Å². The summed E-state index contributed by atoms with van der Waals surface area (Å²) in [6.07, 6.45) is -1.24. The molecule has 33 heavy (non-hydrogen) atoms. The number of aromatic nitrogens is 2. The first-order chi connectivity index (χ1) is 15.8. The van der Waals surface area contributed by atoms with Gasteiger partial charge in [0, 0.05) is 11.6 Å². The summed E-state index contributed by atoms with van der Waals surface area (Å²) < 4.78 is 10.6. The number of fused-ring (bicyclic) bond motifs is 1. The van der Waals surface area contributed by atoms with Gasteiger partial charge in [-0.1, -0.05) is 47.6 Å². The molecule has 0 aliphatic carbocycles. The number of benzene rings is 2. The highest BCUT2D eigenvalue weighted by Gasteiger charge is 2.25. The third kappa shape index (κ3) is 4.40. The maximum atomic E-state index is 13.0. The van der Waals surface area contributed by atoms with Crippen molar-refractivity contribution in [2.45, 2.75) is 20.0 Å². The van der Waals surface area contributed by atoms with Crippen molar-refractivity contribution < 1.29 is 23.8 Å². The highest BCUT2D eigenvalue weighted by molar-refractivity contribution is 6.06. The monoisotopic (exact) mass is 446 g/mol. The average molecular weight is 446 g/mol. The zero-order valence-corrected chi connectivity index (χ0v) is 17.6. The number of carbonyl (C=O) groups is 2. The summed E-state index contributed by atoms with van der Waals surface area (Å²) in [5, 5.41) is 17.9. The number of anilines is 1. The minimum Gasteiger partial charge on any atom is -0.449 e. The summed E-state index contributed by atoms with van der Waals surface area (Å²) in [7, 11) is 0. The molecule has 0 saturated carbocycles. The highest BCUT2D eigenvalue weighted by atomic mass is 16.6. The van der Waals surface area contributed by atoms with Gasteiger partial charge in [0.15, 0.2) is 6.10 Å². The van der Waals surface area contributed by atoms with Crippen LogP contribution in [0.4, 0.5) is 11.4 Å². The molecule has 10 nitrogen and oxygen atoms in total. The number of nitro groups is 1. The number of hydrogen-bond acceptors (Lipinski definition) is 8. The van der Waals surface area contributed by atoms with Gasteiger partial charge in [-0.3, -0.25) is 14.9 Å². The molecule has 0 saturated heterocycles. The zero-order valence-electron chi connectivity index (χ0n) is 17.6. The first-order valence-corrected chi connectivity index (χ1v) is 9.93. The standard InChI is InChI=1S/C23H18N4O6/c1-13-20-16(12-18(25-22(20)33-26-13)15-8-4-3-5-9-15)23(29)32-14(2)21(28)24-17-10-6-7-11-19(17)27(30)31/h3-12,14H,1-2H3,(H,24,28). The fourth-order valence-electron chi connectivity index (χ4n) is 3.26. The molecule has 4 rings (SSSR count). The van der Waals surface area contributed by atoms with E-state index in [2.05, 4.69) is 15.5 Å². The topological polar surface area (TPSA) is 137 Å². The van der Waals surface area contributed by atoms with Gasteiger partial charge in [-0.25, -0.2) is 9.78 Å². The van der Waals surface area contributed by atoms with Crippen molar-refractivity contribution in [2.24, 2.45) is 0 Å². The van der Waals surface area contributed by atoms with E-state index in [-0.39, 0.29) is 22.7 Å². The van der Waals surface area contributed by atoms with Gasteiger partial charge in [-0.05, 0) is 26.0 Å². The molecular formula is C23H18N4O6. The van der Waals surface area contributed by atoms with Crippen molar-refractivity contribution in [1.82, 2.24) is 10.1 Å². The molecule has 1 atom stereocenters. The number of carbonyl (C=O) groups excluding carboxylic acids is 2. The number of esters is 1. The molecule has 0 bridgehead atoms. The molecule has 2 aromatic heterocycles. The normalized spacial score (nSPS) is 11.7. The molecule has 0 radical (unpaired) electrons. The number of ether oxygens (including phenoxy) is 1. The molecule has 1 amide bonds. The van der Waals surface area contributed by atoms with Crippen molar-refractivity contribution in [2.75, 3.05) is 5.32 Å². The van der Waals surface area contributed by atoms with Crippen LogP contribution in [0.25, 0.3) is 22.4 Å². The van der Waals surface area contributed by atoms with Crippen LogP contribution in [0.2, 0.25) is 0 Å². The smallest absolute Gasteiger partial charge is 0.339 e. The second-order valence-corrected chi connectivity index (χ2v) is 7.18. The Kier molecular flexibility index (Phi) is 5.81. The molecule has 2 heterocycles. The quantitative estimate of drug-likeness (QED) is 0.263. The van der Waals surface area contributed by atoms with Crippen LogP contribution in [-0.2, 0) is 9.53 Å². The van der Waals surface area contributed by atoms with Crippen molar-refractivity contribution in [1.29, 1.82) is 0 Å². The van der Waals surface area contributed by atoms with Crippen molar-refractivity contribution in [3.63, 3.8) is 0 Å². The van der Waals surface area contributed by atoms with Crippen LogP contribution in [0.3, 0.4) is 0 Å². The molecule has 0 spiro atoms. The maximum Gasteiger partial charge on any atom is 0.339 e. The van der Waals surface area contributed by atoms with Gasteiger partial charge in [0.2, 0.25) is 0 Å². The lowest BCUT2D eigenvalue weighted by atomic mass is 10.1. The summed E-state index contributed by atoms with van der Waals surface area (Å²) in [6.45, 7) is 3.04. The third-order valence-corrected chi connectivity index (χ3v) is 4.92. The maximum absolute atomic E-state index is 13.0. The molecule has 10 heteroatoms. The van der Waals surface area contributed by atoms with Gasteiger partial charge in [-0.2, -0.15) is 0 Å². The van der Waals surface area contributed by atoms with Crippen molar-refractivity contribution in [3.8, 4) is 11.3 Å². The van der Waals surface area contributed by atoms with Crippen LogP contribution < -0.4 is 5.32 Å². The molecule has 4 aromatic rings. The van der Waals surface area contributed by atoms with E-state index < -0.39 is 22.9 Å². The van der Waals surface area contributed by atoms with E-state index in [9.17, 15) is 19.7 Å². The molecule has 1 unspecified atom stereocenters. The zero-order chi connectivity index (χ0) is 23.5. The van der Waals surface area contributed by atoms with Gasteiger partial charge in [-0.15, -0.1) is 0 Å². The second kappa shape index (κ2) is 8.87. The largest absolute Gasteiger partial charge is 0.449 e. The number of hydrogen-bond donors (Lipinski definition) is 1. The number of nitrogens with one attached hydrogen (secondary N) is 1. The first kappa shape index (κ1) is 21.6. The van der Waals surface area contributed by atoms with Gasteiger partial charge >= 0.3 is 5.97 Å². The van der Waals surface area contributed by atoms with Crippen LogP contribution >= 0.6 is 0 Å². The van der Waals surface area contributed by atoms with E-state index in [1.54, 1.807) is 19.1 Å². The fraction of sp³-hybridized carbons (Fsp3) is 0.130. The average Bonchev–Trinajstić information content (AvgIpc) is 3.19. The lowest BCUT2D eigenvalue weighted by Crippen LogP contribution is -2.30. The molecule has 1 N–H and O–H groups in total. The van der Waals surface area contributed by atoms with Gasteiger partial charge in [0.1, 0.15) is 5.69 Å². The third-order valence-electron chi connectivity index (χ3n) is 4.92. The Hall–Kier alpha value is -4.60. The Morgan fingerprint density at radius 1 is 1.12 bits per heavy atom. The van der Waals surface area contributed by atoms with E-state index in [0.29, 0.717) is 16.8 Å². The Morgan fingerprint density at radius 3 is 2.55 bits per heavy atom.